The summed E-state index contributed by atoms with van der Waals surface area (Å²) in [5.41, 5.74) is 1.45. The molecule has 1 nitrogen and oxygen atoms in total. The van der Waals surface area contributed by atoms with E-state index in [1.54, 1.807) is 0 Å². The third kappa shape index (κ3) is 5.35. The molecule has 0 aromatic heterocycles. The van der Waals surface area contributed by atoms with Crippen molar-refractivity contribution in [1.82, 2.24) is 4.90 Å². The fourth-order valence-electron chi connectivity index (χ4n) is 4.61. The van der Waals surface area contributed by atoms with Gasteiger partial charge >= 0.3 is 0 Å². The maximum atomic E-state index is 2.79. The maximum absolute atomic E-state index is 2.79. The van der Waals surface area contributed by atoms with Crippen LogP contribution in [0.25, 0.3) is 0 Å². The van der Waals surface area contributed by atoms with E-state index in [0.717, 1.165) is 6.54 Å². The third-order valence-electron chi connectivity index (χ3n) is 6.14. The van der Waals surface area contributed by atoms with Gasteiger partial charge in [0.25, 0.3) is 0 Å². The first-order chi connectivity index (χ1) is 15.0. The van der Waals surface area contributed by atoms with Crippen molar-refractivity contribution >= 4 is 18.5 Å². The molecule has 0 bridgehead atoms. The summed E-state index contributed by atoms with van der Waals surface area (Å²) < 4.78 is 0. The normalized spacial score (nSPS) is 17.4. The highest BCUT2D eigenvalue weighted by atomic mass is 31.1. The first kappa shape index (κ1) is 22.0. The Bertz CT molecular complexity index is 920. The van der Waals surface area contributed by atoms with Gasteiger partial charge in [-0.3, -0.25) is 4.90 Å². The molecule has 3 aromatic carbocycles. The van der Waals surface area contributed by atoms with Crippen LogP contribution in [0.3, 0.4) is 0 Å². The van der Waals surface area contributed by atoms with Gasteiger partial charge in [0.15, 0.2) is 0 Å². The summed E-state index contributed by atoms with van der Waals surface area (Å²) in [7, 11) is -0.550. The van der Waals surface area contributed by atoms with Crippen LogP contribution in [0.2, 0.25) is 0 Å². The molecule has 4 rings (SSSR count). The molecule has 0 aliphatic heterocycles. The van der Waals surface area contributed by atoms with Gasteiger partial charge in [-0.05, 0) is 63.6 Å². The minimum Gasteiger partial charge on any atom is -0.286 e. The Hall–Kier alpha value is -2.21. The van der Waals surface area contributed by atoms with E-state index in [1.807, 2.05) is 0 Å². The average molecular weight is 428 g/mol. The van der Waals surface area contributed by atoms with Crippen molar-refractivity contribution in [2.45, 2.75) is 51.5 Å². The fraction of sp³-hybridized carbons (Fsp3) is 0.310. The lowest BCUT2D eigenvalue weighted by atomic mass is 10.00. The second-order valence-electron chi connectivity index (χ2n) is 9.41. The topological polar surface area (TPSA) is 3.24 Å². The van der Waals surface area contributed by atoms with E-state index in [4.69, 9.17) is 0 Å². The molecule has 0 radical (unpaired) electrons. The zero-order valence-electron chi connectivity index (χ0n) is 19.0. The Morgan fingerprint density at radius 1 is 0.806 bits per heavy atom. The van der Waals surface area contributed by atoms with Crippen molar-refractivity contribution in [2.24, 2.45) is 5.92 Å². The van der Waals surface area contributed by atoms with Crippen LogP contribution in [-0.4, -0.2) is 16.2 Å². The van der Waals surface area contributed by atoms with Crippen molar-refractivity contribution in [3.05, 3.63) is 109 Å². The molecular weight excluding hydrogens is 393 g/mol. The number of nitrogens with zero attached hydrogens (tertiary/aromatic N) is 1. The van der Waals surface area contributed by atoms with Gasteiger partial charge in [0.1, 0.15) is 0 Å². The van der Waals surface area contributed by atoms with Gasteiger partial charge < -0.3 is 0 Å². The van der Waals surface area contributed by atoms with Gasteiger partial charge in [-0.1, -0.05) is 103 Å². The lowest BCUT2D eigenvalue weighted by Crippen LogP contribution is -2.51. The predicted octanol–water partition coefficient (Wildman–Crippen LogP) is 6.71. The Morgan fingerprint density at radius 2 is 1.32 bits per heavy atom. The minimum atomic E-state index is -0.550. The molecule has 0 amide bonds. The van der Waals surface area contributed by atoms with Gasteiger partial charge in [-0.2, -0.15) is 0 Å². The number of hydrogen-bond acceptors (Lipinski definition) is 1. The highest BCUT2D eigenvalue weighted by Crippen LogP contribution is 2.49. The van der Waals surface area contributed by atoms with E-state index in [1.165, 1.54) is 29.0 Å². The average Bonchev–Trinajstić information content (AvgIpc) is 3.32. The number of rotatable bonds is 7. The molecule has 1 aliphatic carbocycles. The summed E-state index contributed by atoms with van der Waals surface area (Å²) in [5.74, 6) is 1.01. The summed E-state index contributed by atoms with van der Waals surface area (Å²) in [5, 5.41) is 2.94. The highest BCUT2D eigenvalue weighted by Gasteiger charge is 2.40. The molecule has 0 saturated heterocycles. The third-order valence-corrected chi connectivity index (χ3v) is 9.04. The van der Waals surface area contributed by atoms with E-state index in [-0.39, 0.29) is 5.54 Å². The molecule has 1 aliphatic rings. The molecular formula is C29H34NP. The molecule has 3 aromatic rings. The van der Waals surface area contributed by atoms with Crippen molar-refractivity contribution in [3.63, 3.8) is 0 Å². The Labute approximate surface area is 189 Å². The van der Waals surface area contributed by atoms with Crippen LogP contribution in [0.5, 0.6) is 0 Å². The second kappa shape index (κ2) is 9.94. The zero-order valence-corrected chi connectivity index (χ0v) is 19.9. The molecule has 0 fully saturated rings. The monoisotopic (exact) mass is 427 g/mol. The predicted molar refractivity (Wildman–Crippen MR) is 136 cm³/mol. The first-order valence-electron chi connectivity index (χ1n) is 11.4. The number of allylic oxidation sites excluding steroid dienone is 1. The lowest BCUT2D eigenvalue weighted by molar-refractivity contribution is 0.0929. The summed E-state index contributed by atoms with van der Waals surface area (Å²) in [4.78, 5) is 2.79. The Kier molecular flexibility index (Phi) is 7.06. The number of benzene rings is 3. The maximum Gasteiger partial charge on any atom is 0.0449 e. The highest BCUT2D eigenvalue weighted by molar-refractivity contribution is 7.73. The smallest absolute Gasteiger partial charge is 0.0449 e. The van der Waals surface area contributed by atoms with Crippen molar-refractivity contribution < 1.29 is 0 Å². The van der Waals surface area contributed by atoms with Crippen molar-refractivity contribution in [3.8, 4) is 0 Å². The SMILES string of the molecule is CC(C)(C)N(Cc1ccccc1)C([C@H]1C=CCC1)P(c1ccccc1)c1ccccc1. The van der Waals surface area contributed by atoms with Gasteiger partial charge in [0.05, 0.1) is 0 Å². The lowest BCUT2D eigenvalue weighted by Gasteiger charge is -2.48. The molecule has 0 heterocycles. The zero-order chi connectivity index (χ0) is 21.7. The van der Waals surface area contributed by atoms with Gasteiger partial charge in [0, 0.05) is 17.9 Å². The van der Waals surface area contributed by atoms with E-state index < -0.39 is 7.92 Å². The van der Waals surface area contributed by atoms with Crippen LogP contribution >= 0.6 is 7.92 Å². The molecule has 0 spiro atoms. The van der Waals surface area contributed by atoms with Gasteiger partial charge in [0.2, 0.25) is 0 Å². The summed E-state index contributed by atoms with van der Waals surface area (Å²) >= 11 is 0. The largest absolute Gasteiger partial charge is 0.286 e. The van der Waals surface area contributed by atoms with E-state index in [0.29, 0.717) is 11.7 Å². The summed E-state index contributed by atoms with van der Waals surface area (Å²) in [6.45, 7) is 8.11. The van der Waals surface area contributed by atoms with Crippen LogP contribution in [0, 0.1) is 5.92 Å². The van der Waals surface area contributed by atoms with Crippen LogP contribution in [0.4, 0.5) is 0 Å². The van der Waals surface area contributed by atoms with Crippen LogP contribution in [0.15, 0.2) is 103 Å². The van der Waals surface area contributed by atoms with Crippen LogP contribution < -0.4 is 10.6 Å². The standard InChI is InChI=1S/C29H34NP/c1-29(2,3)30(23-24-15-7-4-8-16-24)28(25-17-13-14-18-25)31(26-19-9-5-10-20-26)27-21-11-6-12-22-27/h4-13,15-17,19-22,25,28H,14,18,23H2,1-3H3/t25-,28?/m0/s1. The number of hydrogen-bond donors (Lipinski definition) is 0. The molecule has 0 saturated carbocycles. The van der Waals surface area contributed by atoms with Crippen molar-refractivity contribution in [2.75, 3.05) is 0 Å². The first-order valence-corrected chi connectivity index (χ1v) is 12.8. The fourth-order valence-corrected chi connectivity index (χ4v) is 7.84. The van der Waals surface area contributed by atoms with E-state index in [9.17, 15) is 0 Å². The quantitative estimate of drug-likeness (QED) is 0.299. The second-order valence-corrected chi connectivity index (χ2v) is 11.7. The molecule has 0 N–H and O–H groups in total. The molecule has 1 unspecified atom stereocenters. The van der Waals surface area contributed by atoms with Gasteiger partial charge in [-0.25, -0.2) is 0 Å². The molecule has 160 valence electrons. The minimum absolute atomic E-state index is 0.0566. The summed E-state index contributed by atoms with van der Waals surface area (Å²) in [6, 6.07) is 33.4. The van der Waals surface area contributed by atoms with Crippen LogP contribution in [-0.2, 0) is 6.54 Å². The van der Waals surface area contributed by atoms with Gasteiger partial charge in [-0.15, -0.1) is 0 Å². The summed E-state index contributed by atoms with van der Waals surface area (Å²) in [6.07, 6.45) is 7.32. The molecule has 31 heavy (non-hydrogen) atoms. The Morgan fingerprint density at radius 3 is 1.77 bits per heavy atom. The van der Waals surface area contributed by atoms with Crippen LogP contribution in [0.1, 0.15) is 39.2 Å². The molecule has 2 atom stereocenters. The Balaban J connectivity index is 1.85. The molecule has 2 heteroatoms. The van der Waals surface area contributed by atoms with Crippen molar-refractivity contribution in [1.29, 1.82) is 0 Å². The van der Waals surface area contributed by atoms with E-state index in [2.05, 4.69) is 129 Å². The van der Waals surface area contributed by atoms with E-state index >= 15 is 0 Å².